The number of aromatic nitrogens is 1. The summed E-state index contributed by atoms with van der Waals surface area (Å²) in [5, 5.41) is 16.9. The van der Waals surface area contributed by atoms with Crippen LogP contribution in [0, 0.1) is 18.3 Å². The number of carbonyl (C=O) groups excluding carboxylic acids is 1. The molecule has 2 atom stereocenters. The van der Waals surface area contributed by atoms with E-state index in [4.69, 9.17) is 15.3 Å². The van der Waals surface area contributed by atoms with Crippen LogP contribution in [-0.4, -0.2) is 33.5 Å². The Morgan fingerprint density at radius 1 is 1.18 bits per heavy atom. The Hall–Kier alpha value is -3.16. The molecule has 0 saturated heterocycles. The van der Waals surface area contributed by atoms with Gasteiger partial charge in [0.05, 0.1) is 11.9 Å². The zero-order valence-corrected chi connectivity index (χ0v) is 15.6. The Labute approximate surface area is 160 Å². The molecule has 0 radical (unpaired) electrons. The number of nitrogens with one attached hydrogen (secondary N) is 1. The molecular weight excluding hydrogens is 370 g/mol. The summed E-state index contributed by atoms with van der Waals surface area (Å²) in [6.07, 6.45) is 0.272. The molecule has 0 saturated carbocycles. The maximum absolute atomic E-state index is 13.4. The first-order valence-corrected chi connectivity index (χ1v) is 8.44. The molecule has 1 aromatic carbocycles. The lowest BCUT2D eigenvalue weighted by Gasteiger charge is -2.26. The minimum Gasteiger partial charge on any atom is -0.483 e. The van der Waals surface area contributed by atoms with Gasteiger partial charge in [-0.3, -0.25) is 4.79 Å². The highest BCUT2D eigenvalue weighted by Gasteiger charge is 2.40. The first kappa shape index (κ1) is 21.1. The molecule has 0 aliphatic carbocycles. The van der Waals surface area contributed by atoms with Crippen molar-refractivity contribution in [2.75, 3.05) is 0 Å². The number of hydrogen-bond donors (Lipinski definition) is 2. The van der Waals surface area contributed by atoms with Crippen LogP contribution in [0.25, 0.3) is 0 Å². The highest BCUT2D eigenvalue weighted by atomic mass is 19.3. The van der Waals surface area contributed by atoms with Crippen molar-refractivity contribution in [2.24, 2.45) is 5.92 Å². The number of aromatic carboxylic acids is 1. The summed E-state index contributed by atoms with van der Waals surface area (Å²) in [6, 6.07) is 9.65. The number of nitrogens with zero attached hydrogens (tertiary/aromatic N) is 1. The standard InChI is InChI=1S/C20H20F2N2O4/c1-11-4-6-13(7-5-11)17(12(2)16(23)18(25)20(3,21)22)28-14-8-9-15(19(26)27)24-10-14/h4-10,12,17,23H,1-3H3,(H,26,27)/t12?,17-/m0/s1. The smallest absolute Gasteiger partial charge is 0.354 e. The molecular formula is C20H20F2N2O4. The molecule has 148 valence electrons. The van der Waals surface area contributed by atoms with Gasteiger partial charge in [0, 0.05) is 12.8 Å². The molecule has 0 aliphatic rings. The van der Waals surface area contributed by atoms with Gasteiger partial charge < -0.3 is 15.3 Å². The molecule has 0 fully saturated rings. The van der Waals surface area contributed by atoms with Gasteiger partial charge in [0.2, 0.25) is 5.78 Å². The van der Waals surface area contributed by atoms with E-state index in [1.54, 1.807) is 24.3 Å². The predicted octanol–water partition coefficient (Wildman–Crippen LogP) is 4.09. The third-order valence-electron chi connectivity index (χ3n) is 4.18. The summed E-state index contributed by atoms with van der Waals surface area (Å²) in [5.74, 6) is -7.23. The van der Waals surface area contributed by atoms with E-state index in [0.29, 0.717) is 12.5 Å². The molecule has 8 heteroatoms. The summed E-state index contributed by atoms with van der Waals surface area (Å²) in [4.78, 5) is 26.5. The Kier molecular flexibility index (Phi) is 6.23. The Bertz CT molecular complexity index is 875. The second kappa shape index (κ2) is 8.24. The molecule has 0 spiro atoms. The second-order valence-electron chi connectivity index (χ2n) is 6.55. The van der Waals surface area contributed by atoms with Crippen molar-refractivity contribution >= 4 is 17.5 Å². The Morgan fingerprint density at radius 3 is 2.25 bits per heavy atom. The number of pyridine rings is 1. The van der Waals surface area contributed by atoms with Gasteiger partial charge in [-0.05, 0) is 24.6 Å². The monoisotopic (exact) mass is 390 g/mol. The largest absolute Gasteiger partial charge is 0.483 e. The summed E-state index contributed by atoms with van der Waals surface area (Å²) in [6.45, 7) is 3.78. The molecule has 28 heavy (non-hydrogen) atoms. The summed E-state index contributed by atoms with van der Waals surface area (Å²) < 4.78 is 32.6. The zero-order chi connectivity index (χ0) is 21.1. The fourth-order valence-corrected chi connectivity index (χ4v) is 2.53. The van der Waals surface area contributed by atoms with Crippen LogP contribution in [0.15, 0.2) is 42.6 Å². The van der Waals surface area contributed by atoms with Gasteiger partial charge in [0.25, 0.3) is 0 Å². The highest BCUT2D eigenvalue weighted by molar-refractivity contribution is 6.41. The number of rotatable bonds is 8. The molecule has 0 amide bonds. The maximum atomic E-state index is 13.4. The highest BCUT2D eigenvalue weighted by Crippen LogP contribution is 2.31. The molecule has 1 aromatic heterocycles. The lowest BCUT2D eigenvalue weighted by atomic mass is 9.89. The van der Waals surface area contributed by atoms with Gasteiger partial charge >= 0.3 is 11.9 Å². The first-order valence-electron chi connectivity index (χ1n) is 8.44. The van der Waals surface area contributed by atoms with Crippen LogP contribution in [0.1, 0.15) is 41.6 Å². The molecule has 2 rings (SSSR count). The van der Waals surface area contributed by atoms with Gasteiger partial charge in [-0.15, -0.1) is 0 Å². The first-order chi connectivity index (χ1) is 13.0. The van der Waals surface area contributed by atoms with Crippen LogP contribution in [0.5, 0.6) is 5.75 Å². The normalized spacial score (nSPS) is 13.5. The number of ketones is 1. The molecule has 6 nitrogen and oxygen atoms in total. The van der Waals surface area contributed by atoms with Crippen LogP contribution >= 0.6 is 0 Å². The van der Waals surface area contributed by atoms with Crippen molar-refractivity contribution in [3.05, 3.63) is 59.4 Å². The molecule has 0 aliphatic heterocycles. The second-order valence-corrected chi connectivity index (χ2v) is 6.55. The van der Waals surface area contributed by atoms with Gasteiger partial charge in [-0.1, -0.05) is 36.8 Å². The van der Waals surface area contributed by atoms with Gasteiger partial charge in [0.1, 0.15) is 17.5 Å². The van der Waals surface area contributed by atoms with Crippen LogP contribution in [0.2, 0.25) is 0 Å². The predicted molar refractivity (Wildman–Crippen MR) is 98.3 cm³/mol. The molecule has 1 unspecified atom stereocenters. The van der Waals surface area contributed by atoms with E-state index < -0.39 is 35.4 Å². The number of benzene rings is 1. The average molecular weight is 390 g/mol. The van der Waals surface area contributed by atoms with E-state index in [2.05, 4.69) is 4.98 Å². The van der Waals surface area contributed by atoms with Crippen molar-refractivity contribution < 1.29 is 28.2 Å². The number of hydrogen-bond acceptors (Lipinski definition) is 5. The number of aryl methyl sites for hydroxylation is 1. The molecule has 1 heterocycles. The lowest BCUT2D eigenvalue weighted by molar-refractivity contribution is -0.133. The van der Waals surface area contributed by atoms with Crippen molar-refractivity contribution in [1.82, 2.24) is 4.98 Å². The van der Waals surface area contributed by atoms with Gasteiger partial charge in [0.15, 0.2) is 0 Å². The van der Waals surface area contributed by atoms with E-state index in [1.807, 2.05) is 6.92 Å². The minimum atomic E-state index is -3.66. The number of alkyl halides is 2. The SMILES string of the molecule is Cc1ccc([C@@H](Oc2ccc(C(=O)O)nc2)C(C)C(=N)C(=O)C(C)(F)F)cc1. The fraction of sp³-hybridized carbons (Fsp3) is 0.300. The summed E-state index contributed by atoms with van der Waals surface area (Å²) in [5.41, 5.74) is 0.611. The average Bonchev–Trinajstić information content (AvgIpc) is 2.64. The third kappa shape index (κ3) is 4.97. The molecule has 2 aromatic rings. The van der Waals surface area contributed by atoms with Gasteiger partial charge in [-0.25, -0.2) is 9.78 Å². The number of carbonyl (C=O) groups is 2. The zero-order valence-electron chi connectivity index (χ0n) is 15.6. The van der Waals surface area contributed by atoms with E-state index in [1.165, 1.54) is 25.3 Å². The fourth-order valence-electron chi connectivity index (χ4n) is 2.53. The minimum absolute atomic E-state index is 0.180. The van der Waals surface area contributed by atoms with Crippen molar-refractivity contribution in [3.8, 4) is 5.75 Å². The van der Waals surface area contributed by atoms with E-state index >= 15 is 0 Å². The van der Waals surface area contributed by atoms with Gasteiger partial charge in [-0.2, -0.15) is 8.78 Å². The van der Waals surface area contributed by atoms with Crippen LogP contribution in [-0.2, 0) is 4.79 Å². The lowest BCUT2D eigenvalue weighted by Crippen LogP contribution is -2.38. The number of Topliss-reactive ketones (excluding diaryl/α,β-unsaturated/α-hetero) is 1. The molecule has 2 N–H and O–H groups in total. The van der Waals surface area contributed by atoms with E-state index in [0.717, 1.165) is 5.56 Å². The number of halogens is 2. The third-order valence-corrected chi connectivity index (χ3v) is 4.18. The van der Waals surface area contributed by atoms with Crippen LogP contribution in [0.4, 0.5) is 8.78 Å². The summed E-state index contributed by atoms with van der Waals surface area (Å²) in [7, 11) is 0. The van der Waals surface area contributed by atoms with Crippen molar-refractivity contribution in [2.45, 2.75) is 32.8 Å². The number of carboxylic acid groups (broad SMARTS) is 1. The van der Waals surface area contributed by atoms with Crippen molar-refractivity contribution in [3.63, 3.8) is 0 Å². The van der Waals surface area contributed by atoms with E-state index in [-0.39, 0.29) is 11.4 Å². The molecule has 0 bridgehead atoms. The quantitative estimate of drug-likeness (QED) is 0.661. The summed E-state index contributed by atoms with van der Waals surface area (Å²) >= 11 is 0. The Morgan fingerprint density at radius 2 is 1.79 bits per heavy atom. The number of ether oxygens (including phenoxy) is 1. The maximum Gasteiger partial charge on any atom is 0.354 e. The Balaban J connectivity index is 2.36. The van der Waals surface area contributed by atoms with Crippen molar-refractivity contribution in [1.29, 1.82) is 5.41 Å². The van der Waals surface area contributed by atoms with E-state index in [9.17, 15) is 18.4 Å². The van der Waals surface area contributed by atoms with Crippen LogP contribution in [0.3, 0.4) is 0 Å². The topological polar surface area (TPSA) is 100 Å². The number of carboxylic acids is 1. The van der Waals surface area contributed by atoms with Crippen LogP contribution < -0.4 is 4.74 Å².